The van der Waals surface area contributed by atoms with Gasteiger partial charge >= 0.3 is 0 Å². The van der Waals surface area contributed by atoms with Crippen LogP contribution in [-0.2, 0) is 0 Å². The van der Waals surface area contributed by atoms with Crippen molar-refractivity contribution in [1.82, 2.24) is 0 Å². The molecule has 1 rings (SSSR count). The molecule has 0 aromatic heterocycles. The number of benzene rings is 1. The first kappa shape index (κ1) is 10.9. The van der Waals surface area contributed by atoms with E-state index in [0.29, 0.717) is 10.0 Å². The van der Waals surface area contributed by atoms with E-state index >= 15 is 0 Å². The molecule has 1 aromatic rings. The minimum absolute atomic E-state index is 0.516. The Kier molecular flexibility index (Phi) is 3.65. The van der Waals surface area contributed by atoms with Crippen LogP contribution >= 0.6 is 39.1 Å². The molecule has 4 heteroatoms. The number of hydrogen-bond acceptors (Lipinski definition) is 1. The van der Waals surface area contributed by atoms with Crippen LogP contribution < -0.4 is 5.32 Å². The van der Waals surface area contributed by atoms with E-state index in [1.807, 2.05) is 0 Å². The van der Waals surface area contributed by atoms with Crippen molar-refractivity contribution in [3.8, 4) is 0 Å². The highest BCUT2D eigenvalue weighted by Crippen LogP contribution is 2.38. The van der Waals surface area contributed by atoms with Gasteiger partial charge in [0.25, 0.3) is 0 Å². The molecule has 1 aromatic carbocycles. The Balaban J connectivity index is 3.50. The van der Waals surface area contributed by atoms with Crippen molar-refractivity contribution in [2.45, 2.75) is 0 Å². The maximum atomic E-state index is 5.99. The first-order chi connectivity index (χ1) is 6.11. The lowest BCUT2D eigenvalue weighted by Crippen LogP contribution is -1.94. The lowest BCUT2D eigenvalue weighted by Gasteiger charge is -2.11. The zero-order chi connectivity index (χ0) is 10.0. The Labute approximate surface area is 95.9 Å². The van der Waals surface area contributed by atoms with E-state index in [-0.39, 0.29) is 0 Å². The monoisotopic (exact) mass is 279 g/mol. The van der Waals surface area contributed by atoms with E-state index in [4.69, 9.17) is 23.2 Å². The number of halogens is 3. The van der Waals surface area contributed by atoms with Gasteiger partial charge in [-0.15, -0.1) is 0 Å². The Morgan fingerprint density at radius 2 is 2.15 bits per heavy atom. The second kappa shape index (κ2) is 4.36. The molecule has 0 saturated carbocycles. The normalized spacial score (nSPS) is 9.85. The summed E-state index contributed by atoms with van der Waals surface area (Å²) in [5.41, 5.74) is 1.70. The van der Waals surface area contributed by atoms with Crippen molar-refractivity contribution in [3.05, 3.63) is 32.7 Å². The van der Waals surface area contributed by atoms with Crippen LogP contribution in [0.4, 0.5) is 5.69 Å². The summed E-state index contributed by atoms with van der Waals surface area (Å²) in [5.74, 6) is 0. The zero-order valence-corrected chi connectivity index (χ0v) is 10.1. The number of anilines is 1. The van der Waals surface area contributed by atoms with Crippen LogP contribution in [0.2, 0.25) is 10.0 Å². The smallest absolute Gasteiger partial charge is 0.0830 e. The SMILES string of the molecule is C=Cc1c(Br)cc(Cl)c(Cl)c1NC. The molecule has 0 atom stereocenters. The maximum Gasteiger partial charge on any atom is 0.0830 e. The first-order valence-corrected chi connectivity index (χ1v) is 5.14. The topological polar surface area (TPSA) is 12.0 Å². The summed E-state index contributed by atoms with van der Waals surface area (Å²) in [5, 5.41) is 4.01. The third-order valence-corrected chi connectivity index (χ3v) is 3.11. The molecular formula is C9H8BrCl2N. The molecule has 0 bridgehead atoms. The fraction of sp³-hybridized carbons (Fsp3) is 0.111. The van der Waals surface area contributed by atoms with Crippen LogP contribution in [0.15, 0.2) is 17.1 Å². The lowest BCUT2D eigenvalue weighted by molar-refractivity contribution is 1.47. The molecule has 1 nitrogen and oxygen atoms in total. The highest BCUT2D eigenvalue weighted by molar-refractivity contribution is 9.10. The molecule has 0 amide bonds. The van der Waals surface area contributed by atoms with E-state index in [1.165, 1.54) is 0 Å². The summed E-state index contributed by atoms with van der Waals surface area (Å²) in [6.07, 6.45) is 1.72. The van der Waals surface area contributed by atoms with Crippen molar-refractivity contribution >= 4 is 50.9 Å². The third kappa shape index (κ3) is 2.01. The fourth-order valence-corrected chi connectivity index (χ4v) is 2.23. The molecule has 0 aliphatic carbocycles. The standard InChI is InChI=1S/C9H8BrCl2N/c1-3-5-6(10)4-7(11)8(12)9(5)13-2/h3-4,13H,1H2,2H3. The van der Waals surface area contributed by atoms with E-state index in [0.717, 1.165) is 15.7 Å². The molecular weight excluding hydrogens is 273 g/mol. The van der Waals surface area contributed by atoms with Crippen molar-refractivity contribution in [2.24, 2.45) is 0 Å². The predicted octanol–water partition coefficient (Wildman–Crippen LogP) is 4.44. The largest absolute Gasteiger partial charge is 0.386 e. The van der Waals surface area contributed by atoms with Crippen LogP contribution in [0.25, 0.3) is 6.08 Å². The molecule has 0 heterocycles. The van der Waals surface area contributed by atoms with E-state index in [1.54, 1.807) is 19.2 Å². The highest BCUT2D eigenvalue weighted by atomic mass is 79.9. The van der Waals surface area contributed by atoms with E-state index in [2.05, 4.69) is 27.8 Å². The van der Waals surface area contributed by atoms with Gasteiger partial charge in [-0.05, 0) is 6.07 Å². The minimum Gasteiger partial charge on any atom is -0.386 e. The van der Waals surface area contributed by atoms with Gasteiger partial charge in [0.05, 0.1) is 15.7 Å². The van der Waals surface area contributed by atoms with Crippen LogP contribution in [0.1, 0.15) is 5.56 Å². The van der Waals surface area contributed by atoms with Crippen LogP contribution in [0.5, 0.6) is 0 Å². The molecule has 0 aliphatic heterocycles. The second-order valence-electron chi connectivity index (χ2n) is 2.40. The van der Waals surface area contributed by atoms with Crippen molar-refractivity contribution in [3.63, 3.8) is 0 Å². The summed E-state index contributed by atoms with van der Waals surface area (Å²) >= 11 is 15.3. The molecule has 0 spiro atoms. The van der Waals surface area contributed by atoms with Crippen LogP contribution in [0.3, 0.4) is 0 Å². The lowest BCUT2D eigenvalue weighted by atomic mass is 10.2. The maximum absolute atomic E-state index is 5.99. The van der Waals surface area contributed by atoms with Crippen LogP contribution in [0, 0.1) is 0 Å². The number of rotatable bonds is 2. The Hall–Kier alpha value is -0.180. The second-order valence-corrected chi connectivity index (χ2v) is 4.04. The molecule has 0 saturated heterocycles. The van der Waals surface area contributed by atoms with Gasteiger partial charge in [0.15, 0.2) is 0 Å². The van der Waals surface area contributed by atoms with Gasteiger partial charge in [0, 0.05) is 17.1 Å². The zero-order valence-electron chi connectivity index (χ0n) is 7.00. The number of nitrogens with one attached hydrogen (secondary N) is 1. The Morgan fingerprint density at radius 1 is 1.54 bits per heavy atom. The summed E-state index contributed by atoms with van der Waals surface area (Å²) in [7, 11) is 1.79. The predicted molar refractivity (Wildman–Crippen MR) is 63.8 cm³/mol. The molecule has 0 fully saturated rings. The van der Waals surface area contributed by atoms with E-state index < -0.39 is 0 Å². The summed E-state index contributed by atoms with van der Waals surface area (Å²) in [4.78, 5) is 0. The molecule has 0 aliphatic rings. The average Bonchev–Trinajstić information content (AvgIpc) is 2.10. The molecule has 0 radical (unpaired) electrons. The quantitative estimate of drug-likeness (QED) is 0.790. The average molecular weight is 281 g/mol. The molecule has 13 heavy (non-hydrogen) atoms. The van der Waals surface area contributed by atoms with Gasteiger partial charge in [-0.25, -0.2) is 0 Å². The van der Waals surface area contributed by atoms with Gasteiger partial charge in [-0.1, -0.05) is 51.8 Å². The van der Waals surface area contributed by atoms with Gasteiger partial charge < -0.3 is 5.32 Å². The third-order valence-electron chi connectivity index (χ3n) is 1.66. The van der Waals surface area contributed by atoms with Crippen molar-refractivity contribution in [2.75, 3.05) is 12.4 Å². The molecule has 0 unspecified atom stereocenters. The fourth-order valence-electron chi connectivity index (χ4n) is 1.05. The molecule has 1 N–H and O–H groups in total. The number of hydrogen-bond donors (Lipinski definition) is 1. The van der Waals surface area contributed by atoms with Gasteiger partial charge in [0.1, 0.15) is 0 Å². The highest BCUT2D eigenvalue weighted by Gasteiger charge is 2.10. The van der Waals surface area contributed by atoms with Crippen molar-refractivity contribution < 1.29 is 0 Å². The van der Waals surface area contributed by atoms with E-state index in [9.17, 15) is 0 Å². The van der Waals surface area contributed by atoms with Crippen LogP contribution in [-0.4, -0.2) is 7.05 Å². The molecule has 70 valence electrons. The Morgan fingerprint density at radius 3 is 2.62 bits per heavy atom. The van der Waals surface area contributed by atoms with Gasteiger partial charge in [-0.3, -0.25) is 0 Å². The minimum atomic E-state index is 0.516. The van der Waals surface area contributed by atoms with Gasteiger partial charge in [0.2, 0.25) is 0 Å². The Bertz CT molecular complexity index is 350. The van der Waals surface area contributed by atoms with Gasteiger partial charge in [-0.2, -0.15) is 0 Å². The summed E-state index contributed by atoms with van der Waals surface area (Å²) in [6.45, 7) is 3.70. The first-order valence-electron chi connectivity index (χ1n) is 3.59. The van der Waals surface area contributed by atoms with Crippen molar-refractivity contribution in [1.29, 1.82) is 0 Å². The summed E-state index contributed by atoms with van der Waals surface area (Å²) in [6, 6.07) is 1.75. The summed E-state index contributed by atoms with van der Waals surface area (Å²) < 4.78 is 0.876.